The van der Waals surface area contributed by atoms with Gasteiger partial charge in [-0.15, -0.1) is 0 Å². The lowest BCUT2D eigenvalue weighted by molar-refractivity contribution is 0.0916. The number of nitrogens with one attached hydrogen (secondary N) is 2. The summed E-state index contributed by atoms with van der Waals surface area (Å²) in [5.74, 6) is 1.09. The summed E-state index contributed by atoms with van der Waals surface area (Å²) in [7, 11) is 1.77. The Morgan fingerprint density at radius 1 is 1.21 bits per heavy atom. The molecule has 1 aromatic rings. The Bertz CT molecular complexity index is 418. The van der Waals surface area contributed by atoms with E-state index in [0.29, 0.717) is 17.4 Å². The molecular weight excluding hydrogens is 240 g/mol. The van der Waals surface area contributed by atoms with Crippen LogP contribution in [0, 0.1) is 5.92 Å². The lowest BCUT2D eigenvalue weighted by Gasteiger charge is -2.22. The quantitative estimate of drug-likeness (QED) is 0.820. The number of nitrogens with zero attached hydrogens (tertiary/aromatic N) is 2. The second-order valence-electron chi connectivity index (χ2n) is 5.23. The van der Waals surface area contributed by atoms with E-state index in [1.54, 1.807) is 13.2 Å². The summed E-state index contributed by atoms with van der Waals surface area (Å²) in [5.41, 5.74) is 0.385. The van der Waals surface area contributed by atoms with Crippen LogP contribution in [0.15, 0.2) is 12.4 Å². The number of aromatic nitrogens is 2. The Kier molecular flexibility index (Phi) is 4.71. The second kappa shape index (κ2) is 6.50. The number of carbonyl (C=O) groups is 1. The van der Waals surface area contributed by atoms with E-state index in [-0.39, 0.29) is 11.9 Å². The van der Waals surface area contributed by atoms with Crippen molar-refractivity contribution >= 4 is 11.7 Å². The van der Waals surface area contributed by atoms with Crippen LogP contribution in [0.2, 0.25) is 0 Å². The molecule has 1 saturated carbocycles. The smallest absolute Gasteiger partial charge is 0.271 e. The summed E-state index contributed by atoms with van der Waals surface area (Å²) in [5, 5.41) is 5.99. The maximum atomic E-state index is 12.1. The minimum absolute atomic E-state index is 0.117. The summed E-state index contributed by atoms with van der Waals surface area (Å²) < 4.78 is 0. The molecule has 1 aromatic heterocycles. The highest BCUT2D eigenvalue weighted by atomic mass is 16.1. The zero-order chi connectivity index (χ0) is 13.7. The van der Waals surface area contributed by atoms with Gasteiger partial charge in [-0.2, -0.15) is 0 Å². The molecule has 2 rings (SSSR count). The van der Waals surface area contributed by atoms with Gasteiger partial charge in [0.1, 0.15) is 11.5 Å². The highest BCUT2D eigenvalue weighted by molar-refractivity contribution is 5.92. The monoisotopic (exact) mass is 262 g/mol. The highest BCUT2D eigenvalue weighted by Crippen LogP contribution is 2.23. The fourth-order valence-electron chi connectivity index (χ4n) is 2.52. The predicted octanol–water partition coefficient (Wildman–Crippen LogP) is 2.22. The third-order valence-corrected chi connectivity index (χ3v) is 3.82. The molecule has 2 unspecified atom stereocenters. The van der Waals surface area contributed by atoms with Crippen LogP contribution < -0.4 is 10.6 Å². The van der Waals surface area contributed by atoms with Crippen LogP contribution in [0.5, 0.6) is 0 Å². The van der Waals surface area contributed by atoms with Gasteiger partial charge in [-0.3, -0.25) is 4.79 Å². The average molecular weight is 262 g/mol. The van der Waals surface area contributed by atoms with Crippen LogP contribution in [-0.2, 0) is 0 Å². The fourth-order valence-corrected chi connectivity index (χ4v) is 2.52. The van der Waals surface area contributed by atoms with Crippen LogP contribution in [0.4, 0.5) is 5.82 Å². The Balaban J connectivity index is 1.98. The van der Waals surface area contributed by atoms with Crippen molar-refractivity contribution in [2.24, 2.45) is 5.92 Å². The zero-order valence-corrected chi connectivity index (χ0v) is 11.6. The maximum absolute atomic E-state index is 12.1. The van der Waals surface area contributed by atoms with Crippen molar-refractivity contribution in [2.45, 2.75) is 45.1 Å². The molecule has 19 heavy (non-hydrogen) atoms. The van der Waals surface area contributed by atoms with Gasteiger partial charge in [0.05, 0.1) is 12.4 Å². The normalized spacial score (nSPS) is 23.5. The van der Waals surface area contributed by atoms with E-state index >= 15 is 0 Å². The number of hydrogen-bond donors (Lipinski definition) is 2. The lowest BCUT2D eigenvalue weighted by atomic mass is 9.97. The van der Waals surface area contributed by atoms with Crippen LogP contribution in [0.25, 0.3) is 0 Å². The van der Waals surface area contributed by atoms with Gasteiger partial charge in [0, 0.05) is 13.1 Å². The molecule has 0 saturated heterocycles. The molecule has 1 amide bonds. The van der Waals surface area contributed by atoms with Gasteiger partial charge in [0.15, 0.2) is 0 Å². The molecule has 104 valence electrons. The lowest BCUT2D eigenvalue weighted by Crippen LogP contribution is -2.39. The number of carbonyl (C=O) groups excluding carboxylic acids is 1. The fraction of sp³-hybridized carbons (Fsp3) is 0.643. The van der Waals surface area contributed by atoms with E-state index in [1.807, 2.05) is 0 Å². The minimum atomic E-state index is -0.117. The van der Waals surface area contributed by atoms with Gasteiger partial charge in [0.25, 0.3) is 5.91 Å². The average Bonchev–Trinajstić information content (AvgIpc) is 2.64. The molecular formula is C14H22N4O. The van der Waals surface area contributed by atoms with E-state index in [4.69, 9.17) is 0 Å². The summed E-state index contributed by atoms with van der Waals surface area (Å²) in [6.45, 7) is 2.21. The van der Waals surface area contributed by atoms with Gasteiger partial charge in [-0.1, -0.05) is 26.2 Å². The van der Waals surface area contributed by atoms with Crippen LogP contribution in [0.3, 0.4) is 0 Å². The topological polar surface area (TPSA) is 66.9 Å². The summed E-state index contributed by atoms with van der Waals surface area (Å²) in [6, 6.07) is 0.265. The molecule has 0 bridgehead atoms. The Morgan fingerprint density at radius 3 is 2.68 bits per heavy atom. The predicted molar refractivity (Wildman–Crippen MR) is 75.1 cm³/mol. The molecule has 5 heteroatoms. The first-order chi connectivity index (χ1) is 9.20. The van der Waals surface area contributed by atoms with E-state index in [0.717, 1.165) is 6.42 Å². The Morgan fingerprint density at radius 2 is 2.00 bits per heavy atom. The van der Waals surface area contributed by atoms with Gasteiger partial charge in [0.2, 0.25) is 0 Å². The molecule has 1 heterocycles. The van der Waals surface area contributed by atoms with Crippen molar-refractivity contribution in [1.29, 1.82) is 0 Å². The number of anilines is 1. The van der Waals surface area contributed by atoms with E-state index in [9.17, 15) is 4.79 Å². The number of rotatable bonds is 3. The summed E-state index contributed by atoms with van der Waals surface area (Å²) in [6.07, 6.45) is 9.08. The summed E-state index contributed by atoms with van der Waals surface area (Å²) in [4.78, 5) is 20.4. The summed E-state index contributed by atoms with van der Waals surface area (Å²) >= 11 is 0. The van der Waals surface area contributed by atoms with Gasteiger partial charge in [-0.25, -0.2) is 9.97 Å². The highest BCUT2D eigenvalue weighted by Gasteiger charge is 2.22. The molecule has 2 atom stereocenters. The van der Waals surface area contributed by atoms with E-state index in [2.05, 4.69) is 27.5 Å². The zero-order valence-electron chi connectivity index (χ0n) is 11.6. The Hall–Kier alpha value is -1.65. The molecule has 1 fully saturated rings. The first-order valence-corrected chi connectivity index (χ1v) is 7.01. The molecule has 0 radical (unpaired) electrons. The first-order valence-electron chi connectivity index (χ1n) is 7.01. The van der Waals surface area contributed by atoms with Gasteiger partial charge >= 0.3 is 0 Å². The SMILES string of the molecule is CNc1cnc(C(=O)NC2CCCCCC2C)cn1. The molecule has 5 nitrogen and oxygen atoms in total. The number of hydrogen-bond acceptors (Lipinski definition) is 4. The Labute approximate surface area is 114 Å². The van der Waals surface area contributed by atoms with E-state index in [1.165, 1.54) is 31.9 Å². The van der Waals surface area contributed by atoms with E-state index < -0.39 is 0 Å². The van der Waals surface area contributed by atoms with Gasteiger partial charge in [-0.05, 0) is 18.8 Å². The minimum Gasteiger partial charge on any atom is -0.372 e. The molecule has 1 aliphatic rings. The van der Waals surface area contributed by atoms with Crippen molar-refractivity contribution < 1.29 is 4.79 Å². The second-order valence-corrected chi connectivity index (χ2v) is 5.23. The molecule has 0 aliphatic heterocycles. The third kappa shape index (κ3) is 3.66. The van der Waals surface area contributed by atoms with Crippen LogP contribution in [-0.4, -0.2) is 29.0 Å². The first kappa shape index (κ1) is 13.8. The molecule has 2 N–H and O–H groups in total. The maximum Gasteiger partial charge on any atom is 0.271 e. The standard InChI is InChI=1S/C14H22N4O/c1-10-6-4-3-5-7-11(10)18-14(19)12-8-17-13(15-2)9-16-12/h8-11H,3-7H2,1-2H3,(H,15,17)(H,18,19). The third-order valence-electron chi connectivity index (χ3n) is 3.82. The molecule has 1 aliphatic carbocycles. The van der Waals surface area contributed by atoms with Crippen molar-refractivity contribution in [2.75, 3.05) is 12.4 Å². The molecule has 0 aromatic carbocycles. The van der Waals surface area contributed by atoms with Crippen molar-refractivity contribution in [3.8, 4) is 0 Å². The van der Waals surface area contributed by atoms with Crippen molar-refractivity contribution in [3.63, 3.8) is 0 Å². The van der Waals surface area contributed by atoms with Gasteiger partial charge < -0.3 is 10.6 Å². The number of amides is 1. The van der Waals surface area contributed by atoms with Crippen LogP contribution >= 0.6 is 0 Å². The van der Waals surface area contributed by atoms with Crippen LogP contribution in [0.1, 0.15) is 49.5 Å². The van der Waals surface area contributed by atoms with Crippen molar-refractivity contribution in [1.82, 2.24) is 15.3 Å². The molecule has 0 spiro atoms. The van der Waals surface area contributed by atoms with Crippen molar-refractivity contribution in [3.05, 3.63) is 18.1 Å². The largest absolute Gasteiger partial charge is 0.372 e.